The summed E-state index contributed by atoms with van der Waals surface area (Å²) in [5.41, 5.74) is 1.16. The molecule has 0 saturated carbocycles. The third-order valence-electron chi connectivity index (χ3n) is 6.02. The fourth-order valence-corrected chi connectivity index (χ4v) is 4.26. The van der Waals surface area contributed by atoms with Crippen molar-refractivity contribution in [1.82, 2.24) is 15.5 Å². The Balaban J connectivity index is 1.49. The first-order valence-electron chi connectivity index (χ1n) is 11.5. The van der Waals surface area contributed by atoms with Gasteiger partial charge in [-0.1, -0.05) is 6.42 Å². The molecule has 0 spiro atoms. The van der Waals surface area contributed by atoms with Crippen molar-refractivity contribution in [3.8, 4) is 11.5 Å². The van der Waals surface area contributed by atoms with Crippen molar-refractivity contribution < 1.29 is 9.47 Å². The molecule has 1 aromatic carbocycles. The second-order valence-electron chi connectivity index (χ2n) is 8.14. The molecule has 7 nitrogen and oxygen atoms in total. The van der Waals surface area contributed by atoms with Crippen LogP contribution in [0.1, 0.15) is 39.0 Å². The number of nitrogens with one attached hydrogen (secondary N) is 2. The van der Waals surface area contributed by atoms with Crippen molar-refractivity contribution in [2.45, 2.75) is 45.1 Å². The Morgan fingerprint density at radius 2 is 1.67 bits per heavy atom. The molecule has 0 radical (unpaired) electrons. The molecule has 2 heterocycles. The molecular formula is C23H39N5O2. The van der Waals surface area contributed by atoms with E-state index in [0.29, 0.717) is 6.04 Å². The minimum atomic E-state index is 0.446. The monoisotopic (exact) mass is 417 g/mol. The van der Waals surface area contributed by atoms with Crippen LogP contribution in [-0.4, -0.2) is 76.9 Å². The highest BCUT2D eigenvalue weighted by molar-refractivity contribution is 5.80. The normalized spacial score (nSPS) is 18.9. The molecule has 2 fully saturated rings. The van der Waals surface area contributed by atoms with Gasteiger partial charge in [0.15, 0.2) is 5.96 Å². The minimum Gasteiger partial charge on any atom is -0.497 e. The van der Waals surface area contributed by atoms with Crippen molar-refractivity contribution >= 4 is 11.6 Å². The SMILES string of the molecule is CCNC(=NCCN1CCCCC1)NC1CCN(c2cc(OC)cc(OC)c2)CC1. The summed E-state index contributed by atoms with van der Waals surface area (Å²) in [5.74, 6) is 2.62. The third-order valence-corrected chi connectivity index (χ3v) is 6.02. The lowest BCUT2D eigenvalue weighted by molar-refractivity contribution is 0.235. The summed E-state index contributed by atoms with van der Waals surface area (Å²) in [7, 11) is 3.39. The highest BCUT2D eigenvalue weighted by Crippen LogP contribution is 2.30. The van der Waals surface area contributed by atoms with Gasteiger partial charge in [-0.2, -0.15) is 0 Å². The van der Waals surface area contributed by atoms with Gasteiger partial charge in [0.2, 0.25) is 0 Å². The fraction of sp³-hybridized carbons (Fsp3) is 0.696. The average Bonchev–Trinajstić information content (AvgIpc) is 2.80. The Labute approximate surface area is 181 Å². The summed E-state index contributed by atoms with van der Waals surface area (Å²) >= 11 is 0. The Morgan fingerprint density at radius 1 is 1.00 bits per heavy atom. The number of aliphatic imine (C=N–C) groups is 1. The van der Waals surface area contributed by atoms with Crippen LogP contribution >= 0.6 is 0 Å². The summed E-state index contributed by atoms with van der Waals surface area (Å²) in [6, 6.07) is 6.53. The first kappa shape index (κ1) is 22.5. The van der Waals surface area contributed by atoms with E-state index in [4.69, 9.17) is 14.5 Å². The number of nitrogens with zero attached hydrogens (tertiary/aromatic N) is 3. The first-order chi connectivity index (χ1) is 14.7. The van der Waals surface area contributed by atoms with Crippen molar-refractivity contribution in [3.63, 3.8) is 0 Å². The molecule has 0 atom stereocenters. The largest absolute Gasteiger partial charge is 0.497 e. The van der Waals surface area contributed by atoms with Gasteiger partial charge in [-0.3, -0.25) is 4.99 Å². The number of likely N-dealkylation sites (tertiary alicyclic amines) is 1. The predicted molar refractivity (Wildman–Crippen MR) is 124 cm³/mol. The predicted octanol–water partition coefficient (Wildman–Crippen LogP) is 2.71. The van der Waals surface area contributed by atoms with E-state index < -0.39 is 0 Å². The number of guanidine groups is 1. The molecule has 2 aliphatic rings. The summed E-state index contributed by atoms with van der Waals surface area (Å²) < 4.78 is 10.8. The molecule has 1 aromatic rings. The van der Waals surface area contributed by atoms with Gasteiger partial charge < -0.3 is 29.9 Å². The van der Waals surface area contributed by atoms with Gasteiger partial charge in [-0.25, -0.2) is 0 Å². The molecule has 2 saturated heterocycles. The lowest BCUT2D eigenvalue weighted by atomic mass is 10.0. The van der Waals surface area contributed by atoms with Gasteiger partial charge in [-0.05, 0) is 45.7 Å². The van der Waals surface area contributed by atoms with Gasteiger partial charge in [0.05, 0.1) is 20.8 Å². The number of piperidine rings is 2. The Bertz CT molecular complexity index is 645. The smallest absolute Gasteiger partial charge is 0.191 e. The van der Waals surface area contributed by atoms with Gasteiger partial charge in [0.1, 0.15) is 11.5 Å². The molecule has 0 aliphatic carbocycles. The fourth-order valence-electron chi connectivity index (χ4n) is 4.26. The maximum Gasteiger partial charge on any atom is 0.191 e. The number of ether oxygens (including phenoxy) is 2. The van der Waals surface area contributed by atoms with Crippen LogP contribution in [0.2, 0.25) is 0 Å². The van der Waals surface area contributed by atoms with E-state index in [1.807, 2.05) is 6.07 Å². The van der Waals surface area contributed by atoms with Crippen LogP contribution in [-0.2, 0) is 0 Å². The van der Waals surface area contributed by atoms with Crippen LogP contribution in [0.5, 0.6) is 11.5 Å². The lowest BCUT2D eigenvalue weighted by Gasteiger charge is -2.35. The summed E-state index contributed by atoms with van der Waals surface area (Å²) in [6.45, 7) is 9.39. The van der Waals surface area contributed by atoms with Crippen molar-refractivity contribution in [2.24, 2.45) is 4.99 Å². The third kappa shape index (κ3) is 6.69. The zero-order chi connectivity index (χ0) is 21.2. The molecule has 0 bridgehead atoms. The highest BCUT2D eigenvalue weighted by Gasteiger charge is 2.21. The van der Waals surface area contributed by atoms with E-state index in [1.165, 1.54) is 32.4 Å². The topological polar surface area (TPSA) is 61.4 Å². The van der Waals surface area contributed by atoms with Gasteiger partial charge >= 0.3 is 0 Å². The lowest BCUT2D eigenvalue weighted by Crippen LogP contribution is -2.49. The summed E-state index contributed by atoms with van der Waals surface area (Å²) in [4.78, 5) is 9.78. The second kappa shape index (κ2) is 11.9. The van der Waals surface area contributed by atoms with Crippen molar-refractivity contribution in [3.05, 3.63) is 18.2 Å². The molecule has 2 aliphatic heterocycles. The van der Waals surface area contributed by atoms with Crippen LogP contribution < -0.4 is 25.0 Å². The Hall–Kier alpha value is -2.15. The van der Waals surface area contributed by atoms with Crippen molar-refractivity contribution in [1.29, 1.82) is 0 Å². The Morgan fingerprint density at radius 3 is 2.27 bits per heavy atom. The van der Waals surface area contributed by atoms with E-state index in [1.54, 1.807) is 14.2 Å². The zero-order valence-corrected chi connectivity index (χ0v) is 19.0. The molecule has 2 N–H and O–H groups in total. The quantitative estimate of drug-likeness (QED) is 0.501. The van der Waals surface area contributed by atoms with Crippen LogP contribution in [0.4, 0.5) is 5.69 Å². The number of methoxy groups -OCH3 is 2. The average molecular weight is 418 g/mol. The van der Waals surface area contributed by atoms with E-state index in [0.717, 1.165) is 68.7 Å². The Kier molecular flexibility index (Phi) is 8.93. The minimum absolute atomic E-state index is 0.446. The number of rotatable bonds is 8. The van der Waals surface area contributed by atoms with E-state index in [2.05, 4.69) is 39.5 Å². The van der Waals surface area contributed by atoms with Gasteiger partial charge in [0.25, 0.3) is 0 Å². The highest BCUT2D eigenvalue weighted by atomic mass is 16.5. The number of hydrogen-bond acceptors (Lipinski definition) is 5. The number of hydrogen-bond donors (Lipinski definition) is 2. The van der Waals surface area contributed by atoms with E-state index >= 15 is 0 Å². The van der Waals surface area contributed by atoms with Crippen LogP contribution in [0.25, 0.3) is 0 Å². The van der Waals surface area contributed by atoms with E-state index in [-0.39, 0.29) is 0 Å². The van der Waals surface area contributed by atoms with Crippen molar-refractivity contribution in [2.75, 3.05) is 64.9 Å². The standard InChI is InChI=1S/C23H39N5O2/c1-4-24-23(25-10-15-27-11-6-5-7-12-27)26-19-8-13-28(14-9-19)20-16-21(29-2)18-22(17-20)30-3/h16-19H,4-15H2,1-3H3,(H2,24,25,26). The van der Waals surface area contributed by atoms with Crippen LogP contribution in [0.3, 0.4) is 0 Å². The first-order valence-corrected chi connectivity index (χ1v) is 11.5. The number of benzene rings is 1. The van der Waals surface area contributed by atoms with E-state index in [9.17, 15) is 0 Å². The number of anilines is 1. The summed E-state index contributed by atoms with van der Waals surface area (Å²) in [5, 5.41) is 7.07. The maximum atomic E-state index is 5.42. The van der Waals surface area contributed by atoms with Crippen LogP contribution in [0.15, 0.2) is 23.2 Å². The molecule has 0 unspecified atom stereocenters. The maximum absolute atomic E-state index is 5.42. The summed E-state index contributed by atoms with van der Waals surface area (Å²) in [6.07, 6.45) is 6.21. The molecule has 30 heavy (non-hydrogen) atoms. The van der Waals surface area contributed by atoms with Gasteiger partial charge in [-0.15, -0.1) is 0 Å². The second-order valence-corrected chi connectivity index (χ2v) is 8.14. The zero-order valence-electron chi connectivity index (χ0n) is 19.0. The van der Waals surface area contributed by atoms with Gasteiger partial charge in [0, 0.05) is 56.1 Å². The van der Waals surface area contributed by atoms with Crippen LogP contribution in [0, 0.1) is 0 Å². The molecule has 3 rings (SSSR count). The molecule has 0 amide bonds. The molecule has 168 valence electrons. The molecular weight excluding hydrogens is 378 g/mol. The molecule has 0 aromatic heterocycles. The molecule has 7 heteroatoms.